The topological polar surface area (TPSA) is 56.8 Å². The summed E-state index contributed by atoms with van der Waals surface area (Å²) in [4.78, 5) is 12.0. The van der Waals surface area contributed by atoms with Crippen LogP contribution in [0.4, 0.5) is 0 Å². The van der Waals surface area contributed by atoms with Crippen molar-refractivity contribution < 1.29 is 19.0 Å². The van der Waals surface area contributed by atoms with Crippen molar-refractivity contribution >= 4 is 16.7 Å². The zero-order chi connectivity index (χ0) is 18.4. The Balaban J connectivity index is 1.56. The van der Waals surface area contributed by atoms with Crippen molar-refractivity contribution in [3.8, 4) is 17.2 Å². The first-order valence-corrected chi connectivity index (χ1v) is 8.29. The molecule has 5 nitrogen and oxygen atoms in total. The van der Waals surface area contributed by atoms with Gasteiger partial charge in [-0.25, -0.2) is 0 Å². The minimum atomic E-state index is -0.189. The largest absolute Gasteiger partial charge is 0.497 e. The minimum Gasteiger partial charge on any atom is -0.497 e. The Bertz CT molecular complexity index is 907. The lowest BCUT2D eigenvalue weighted by molar-refractivity contribution is -0.123. The average Bonchev–Trinajstić information content (AvgIpc) is 2.70. The van der Waals surface area contributed by atoms with Gasteiger partial charge in [0.2, 0.25) is 0 Å². The van der Waals surface area contributed by atoms with Crippen LogP contribution in [0.3, 0.4) is 0 Å². The third-order valence-corrected chi connectivity index (χ3v) is 4.03. The molecule has 0 aliphatic carbocycles. The van der Waals surface area contributed by atoms with Gasteiger partial charge in [0.15, 0.2) is 18.1 Å². The highest BCUT2D eigenvalue weighted by Gasteiger charge is 2.07. The Labute approximate surface area is 152 Å². The standard InChI is InChI=1S/C21H21NO4/c1-24-18-10-9-16-11-15(7-8-17(16)12-18)13-22-21(23)14-26-20-6-4-3-5-19(20)25-2/h3-12H,13-14H2,1-2H3,(H,22,23). The molecule has 0 bridgehead atoms. The highest BCUT2D eigenvalue weighted by Crippen LogP contribution is 2.25. The van der Waals surface area contributed by atoms with Crippen molar-refractivity contribution in [3.63, 3.8) is 0 Å². The third kappa shape index (κ3) is 4.25. The predicted molar refractivity (Wildman–Crippen MR) is 101 cm³/mol. The summed E-state index contributed by atoms with van der Waals surface area (Å²) in [6, 6.07) is 19.2. The van der Waals surface area contributed by atoms with Gasteiger partial charge in [-0.15, -0.1) is 0 Å². The fourth-order valence-corrected chi connectivity index (χ4v) is 2.64. The van der Waals surface area contributed by atoms with Gasteiger partial charge in [0.1, 0.15) is 5.75 Å². The minimum absolute atomic E-state index is 0.0643. The summed E-state index contributed by atoms with van der Waals surface area (Å²) >= 11 is 0. The maximum atomic E-state index is 12.0. The number of benzene rings is 3. The highest BCUT2D eigenvalue weighted by molar-refractivity contribution is 5.84. The number of carbonyl (C=O) groups excluding carboxylic acids is 1. The number of ether oxygens (including phenoxy) is 3. The van der Waals surface area contributed by atoms with Crippen LogP contribution in [0.25, 0.3) is 10.8 Å². The Morgan fingerprint density at radius 3 is 2.38 bits per heavy atom. The number of fused-ring (bicyclic) bond motifs is 1. The summed E-state index contributed by atoms with van der Waals surface area (Å²) in [6.07, 6.45) is 0. The lowest BCUT2D eigenvalue weighted by Gasteiger charge is -2.11. The van der Waals surface area contributed by atoms with Gasteiger partial charge in [-0.1, -0.05) is 30.3 Å². The number of hydrogen-bond donors (Lipinski definition) is 1. The van der Waals surface area contributed by atoms with Gasteiger partial charge >= 0.3 is 0 Å². The van der Waals surface area contributed by atoms with Gasteiger partial charge in [-0.3, -0.25) is 4.79 Å². The molecule has 0 spiro atoms. The number of carbonyl (C=O) groups is 1. The van der Waals surface area contributed by atoms with Crippen LogP contribution in [0.1, 0.15) is 5.56 Å². The van der Waals surface area contributed by atoms with Crippen molar-refractivity contribution in [3.05, 3.63) is 66.2 Å². The zero-order valence-corrected chi connectivity index (χ0v) is 14.8. The second kappa shape index (κ2) is 8.25. The van der Waals surface area contributed by atoms with Crippen molar-refractivity contribution in [1.82, 2.24) is 5.32 Å². The van der Waals surface area contributed by atoms with Gasteiger partial charge in [0.05, 0.1) is 14.2 Å². The number of para-hydroxylation sites is 2. The molecule has 5 heteroatoms. The number of amides is 1. The summed E-state index contributed by atoms with van der Waals surface area (Å²) in [5.74, 6) is 1.79. The van der Waals surface area contributed by atoms with Gasteiger partial charge < -0.3 is 19.5 Å². The monoisotopic (exact) mass is 351 g/mol. The smallest absolute Gasteiger partial charge is 0.258 e. The SMILES string of the molecule is COc1ccc2cc(CNC(=O)COc3ccccc3OC)ccc2c1. The number of methoxy groups -OCH3 is 2. The maximum Gasteiger partial charge on any atom is 0.258 e. The second-order valence-corrected chi connectivity index (χ2v) is 5.76. The summed E-state index contributed by atoms with van der Waals surface area (Å²) < 4.78 is 16.0. The molecular formula is C21H21NO4. The summed E-state index contributed by atoms with van der Waals surface area (Å²) in [6.45, 7) is 0.376. The molecule has 3 aromatic carbocycles. The first kappa shape index (κ1) is 17.6. The number of rotatable bonds is 7. The van der Waals surface area contributed by atoms with Gasteiger partial charge in [0, 0.05) is 6.54 Å². The molecule has 0 saturated heterocycles. The van der Waals surface area contributed by atoms with Crippen LogP contribution >= 0.6 is 0 Å². The summed E-state index contributed by atoms with van der Waals surface area (Å²) in [5.41, 5.74) is 1.02. The van der Waals surface area contributed by atoms with E-state index >= 15 is 0 Å². The molecule has 3 rings (SSSR count). The van der Waals surface area contributed by atoms with E-state index in [0.29, 0.717) is 18.0 Å². The summed E-state index contributed by atoms with van der Waals surface area (Å²) in [5, 5.41) is 5.06. The van der Waals surface area contributed by atoms with E-state index in [1.54, 1.807) is 26.4 Å². The average molecular weight is 351 g/mol. The molecule has 0 atom stereocenters. The third-order valence-electron chi connectivity index (χ3n) is 4.03. The maximum absolute atomic E-state index is 12.0. The molecule has 0 unspecified atom stereocenters. The van der Waals surface area contributed by atoms with E-state index < -0.39 is 0 Å². The molecular weight excluding hydrogens is 330 g/mol. The molecule has 0 heterocycles. The van der Waals surface area contributed by atoms with Crippen LogP contribution in [0.15, 0.2) is 60.7 Å². The molecule has 1 amide bonds. The van der Waals surface area contributed by atoms with Crippen LogP contribution in [-0.4, -0.2) is 26.7 Å². The molecule has 0 saturated carbocycles. The van der Waals surface area contributed by atoms with Crippen LogP contribution in [-0.2, 0) is 11.3 Å². The Morgan fingerprint density at radius 1 is 0.885 bits per heavy atom. The Hall–Kier alpha value is -3.21. The van der Waals surface area contributed by atoms with E-state index in [-0.39, 0.29) is 12.5 Å². The fourth-order valence-electron chi connectivity index (χ4n) is 2.64. The van der Waals surface area contributed by atoms with Crippen molar-refractivity contribution in [1.29, 1.82) is 0 Å². The highest BCUT2D eigenvalue weighted by atomic mass is 16.5. The first-order valence-electron chi connectivity index (χ1n) is 8.29. The van der Waals surface area contributed by atoms with Gasteiger partial charge in [0.25, 0.3) is 5.91 Å². The zero-order valence-electron chi connectivity index (χ0n) is 14.8. The van der Waals surface area contributed by atoms with Crippen LogP contribution in [0.2, 0.25) is 0 Å². The predicted octanol–water partition coefficient (Wildman–Crippen LogP) is 3.55. The lowest BCUT2D eigenvalue weighted by Crippen LogP contribution is -2.28. The van der Waals surface area contributed by atoms with Gasteiger partial charge in [-0.2, -0.15) is 0 Å². The molecule has 0 aromatic heterocycles. The van der Waals surface area contributed by atoms with E-state index in [2.05, 4.69) is 11.4 Å². The number of hydrogen-bond acceptors (Lipinski definition) is 4. The molecule has 26 heavy (non-hydrogen) atoms. The normalized spacial score (nSPS) is 10.4. The van der Waals surface area contributed by atoms with E-state index in [4.69, 9.17) is 14.2 Å². The summed E-state index contributed by atoms with van der Waals surface area (Å²) in [7, 11) is 3.22. The number of nitrogens with one attached hydrogen (secondary N) is 1. The van der Waals surface area contributed by atoms with E-state index in [1.807, 2.05) is 42.5 Å². The second-order valence-electron chi connectivity index (χ2n) is 5.76. The fraction of sp³-hybridized carbons (Fsp3) is 0.190. The van der Waals surface area contributed by atoms with Crippen molar-refractivity contribution in [2.75, 3.05) is 20.8 Å². The molecule has 0 radical (unpaired) electrons. The van der Waals surface area contributed by atoms with E-state index in [0.717, 1.165) is 22.1 Å². The first-order chi connectivity index (χ1) is 12.7. The molecule has 0 fully saturated rings. The molecule has 3 aromatic rings. The molecule has 1 N–H and O–H groups in total. The van der Waals surface area contributed by atoms with Crippen LogP contribution in [0.5, 0.6) is 17.2 Å². The molecule has 134 valence electrons. The Morgan fingerprint density at radius 2 is 1.62 bits per heavy atom. The molecule has 0 aliphatic heterocycles. The van der Waals surface area contributed by atoms with Gasteiger partial charge in [-0.05, 0) is 46.7 Å². The van der Waals surface area contributed by atoms with Crippen LogP contribution < -0.4 is 19.5 Å². The lowest BCUT2D eigenvalue weighted by atomic mass is 10.1. The van der Waals surface area contributed by atoms with Crippen molar-refractivity contribution in [2.45, 2.75) is 6.54 Å². The van der Waals surface area contributed by atoms with Crippen LogP contribution in [0, 0.1) is 0 Å². The van der Waals surface area contributed by atoms with Crippen molar-refractivity contribution in [2.24, 2.45) is 0 Å². The quantitative estimate of drug-likeness (QED) is 0.707. The van der Waals surface area contributed by atoms with E-state index in [9.17, 15) is 4.79 Å². The molecule has 0 aliphatic rings. The Kier molecular flexibility index (Phi) is 5.59. The van der Waals surface area contributed by atoms with E-state index in [1.165, 1.54) is 0 Å².